The Morgan fingerprint density at radius 1 is 1.14 bits per heavy atom. The van der Waals surface area contributed by atoms with Gasteiger partial charge in [0.2, 0.25) is 0 Å². The number of halogens is 1. The number of aromatic nitrogens is 2. The van der Waals surface area contributed by atoms with E-state index in [1.807, 2.05) is 24.7 Å². The second-order valence-corrected chi connectivity index (χ2v) is 10.0. The number of rotatable bonds is 17. The van der Waals surface area contributed by atoms with E-state index in [1.54, 1.807) is 6.33 Å². The molecule has 1 aromatic heterocycles. The van der Waals surface area contributed by atoms with Gasteiger partial charge in [-0.3, -0.25) is 9.59 Å². The number of cyclic esters (lactones) is 1. The van der Waals surface area contributed by atoms with E-state index in [9.17, 15) is 9.59 Å². The predicted octanol–water partition coefficient (Wildman–Crippen LogP) is 7.22. The minimum Gasteiger partial charge on any atom is -0.465 e. The number of esters is 2. The summed E-state index contributed by atoms with van der Waals surface area (Å²) in [4.78, 5) is 26.5. The van der Waals surface area contributed by atoms with Crippen LogP contribution in [0.3, 0.4) is 0 Å². The van der Waals surface area contributed by atoms with Crippen LogP contribution in [0.5, 0.6) is 0 Å². The van der Waals surface area contributed by atoms with Crippen molar-refractivity contribution in [3.05, 3.63) is 18.2 Å². The molecule has 0 N–H and O–H groups in total. The first kappa shape index (κ1) is 31.5. The molecule has 1 aliphatic rings. The van der Waals surface area contributed by atoms with E-state index in [-0.39, 0.29) is 23.9 Å². The molecule has 1 saturated heterocycles. The maximum absolute atomic E-state index is 11.4. The van der Waals surface area contributed by atoms with Crippen LogP contribution in [0.2, 0.25) is 0 Å². The first-order valence-corrected chi connectivity index (χ1v) is 14.3. The number of aryl methyl sites for hydroxylation is 1. The minimum absolute atomic E-state index is 0.0182. The first-order chi connectivity index (χ1) is 17.0. The third-order valence-electron chi connectivity index (χ3n) is 7.12. The van der Waals surface area contributed by atoms with E-state index in [2.05, 4.69) is 23.6 Å². The molecule has 2 rings (SSSR count). The van der Waals surface area contributed by atoms with Crippen molar-refractivity contribution in [3.63, 3.8) is 0 Å². The zero-order valence-corrected chi connectivity index (χ0v) is 23.4. The zero-order chi connectivity index (χ0) is 25.9. The molecule has 0 spiro atoms. The summed E-state index contributed by atoms with van der Waals surface area (Å²) in [6.45, 7) is 7.19. The Bertz CT molecular complexity index is 694. The van der Waals surface area contributed by atoms with Crippen molar-refractivity contribution in [1.29, 1.82) is 0 Å². The molecule has 0 saturated carbocycles. The van der Waals surface area contributed by atoms with E-state index in [0.29, 0.717) is 18.9 Å². The molecule has 7 heteroatoms. The summed E-state index contributed by atoms with van der Waals surface area (Å²) in [6, 6.07) is -0.0182. The number of unbranched alkanes of at least 4 members (excludes halogenated alkanes) is 6. The van der Waals surface area contributed by atoms with E-state index < -0.39 is 0 Å². The number of carbonyl (C=O) groups excluding carboxylic acids is 2. The Morgan fingerprint density at radius 3 is 2.40 bits per heavy atom. The fourth-order valence-electron chi connectivity index (χ4n) is 4.84. The van der Waals surface area contributed by atoms with Crippen LogP contribution in [0.4, 0.5) is 0 Å². The second-order valence-electron chi connectivity index (χ2n) is 9.81. The fraction of sp³-hybridized carbons (Fsp3) is 0.821. The smallest absolute Gasteiger partial charge is 0.309 e. The van der Waals surface area contributed by atoms with Crippen molar-refractivity contribution >= 4 is 23.5 Å². The van der Waals surface area contributed by atoms with E-state index in [1.165, 1.54) is 57.8 Å². The molecule has 1 aromatic rings. The fourth-order valence-corrected chi connectivity index (χ4v) is 4.96. The lowest BCUT2D eigenvalue weighted by molar-refractivity contribution is -0.142. The van der Waals surface area contributed by atoms with Gasteiger partial charge in [0.25, 0.3) is 0 Å². The molecule has 1 unspecified atom stereocenters. The molecule has 2 heterocycles. The third kappa shape index (κ3) is 13.4. The highest BCUT2D eigenvalue weighted by molar-refractivity contribution is 6.17. The topological polar surface area (TPSA) is 70.4 Å². The van der Waals surface area contributed by atoms with Gasteiger partial charge < -0.3 is 14.0 Å². The average Bonchev–Trinajstić information content (AvgIpc) is 3.42. The van der Waals surface area contributed by atoms with Gasteiger partial charge >= 0.3 is 11.9 Å². The largest absolute Gasteiger partial charge is 0.465 e. The molecule has 0 radical (unpaired) electrons. The van der Waals surface area contributed by atoms with Gasteiger partial charge in [0.05, 0.1) is 18.9 Å². The van der Waals surface area contributed by atoms with E-state index in [4.69, 9.17) is 16.3 Å². The number of carbonyl (C=O) groups is 2. The lowest BCUT2D eigenvalue weighted by Gasteiger charge is -2.12. The summed E-state index contributed by atoms with van der Waals surface area (Å²) in [5.74, 6) is 1.14. The number of nitrogens with zero attached hydrogens (tertiary/aromatic N) is 2. The van der Waals surface area contributed by atoms with Crippen molar-refractivity contribution in [1.82, 2.24) is 9.55 Å². The van der Waals surface area contributed by atoms with Crippen LogP contribution in [0.1, 0.15) is 110 Å². The summed E-state index contributed by atoms with van der Waals surface area (Å²) in [6.07, 6.45) is 20.1. The Labute approximate surface area is 218 Å². The van der Waals surface area contributed by atoms with Crippen LogP contribution < -0.4 is 0 Å². The molecule has 6 nitrogen and oxygen atoms in total. The predicted molar refractivity (Wildman–Crippen MR) is 142 cm³/mol. The summed E-state index contributed by atoms with van der Waals surface area (Å²) >= 11 is 5.32. The maximum Gasteiger partial charge on any atom is 0.309 e. The normalized spacial score (nSPS) is 18.0. The number of ether oxygens (including phenoxy) is 2. The van der Waals surface area contributed by atoms with Gasteiger partial charge in [0.15, 0.2) is 6.07 Å². The van der Waals surface area contributed by atoms with E-state index >= 15 is 0 Å². The lowest BCUT2D eigenvalue weighted by atomic mass is 9.89. The van der Waals surface area contributed by atoms with Crippen LogP contribution in [-0.4, -0.2) is 34.2 Å². The van der Waals surface area contributed by atoms with Gasteiger partial charge in [-0.2, -0.15) is 0 Å². The minimum atomic E-state index is -0.165. The van der Waals surface area contributed by atoms with Crippen LogP contribution in [0, 0.1) is 17.8 Å². The third-order valence-corrected chi connectivity index (χ3v) is 7.23. The zero-order valence-electron chi connectivity index (χ0n) is 22.6. The molecular formula is C28H49ClN2O4. The van der Waals surface area contributed by atoms with Crippen molar-refractivity contribution in [2.24, 2.45) is 24.8 Å². The Balaban J connectivity index is 0.000000362. The van der Waals surface area contributed by atoms with Crippen molar-refractivity contribution in [2.45, 2.75) is 111 Å². The lowest BCUT2D eigenvalue weighted by Crippen LogP contribution is -2.18. The number of imidazole rings is 1. The molecule has 202 valence electrons. The molecule has 0 bridgehead atoms. The van der Waals surface area contributed by atoms with Gasteiger partial charge in [0.1, 0.15) is 0 Å². The average molecular weight is 513 g/mol. The number of hydrogen-bond donors (Lipinski definition) is 0. The summed E-state index contributed by atoms with van der Waals surface area (Å²) < 4.78 is 11.8. The summed E-state index contributed by atoms with van der Waals surface area (Å²) in [5.41, 5.74) is 1.16. The number of hydrogen-bond acceptors (Lipinski definition) is 5. The molecule has 0 aromatic carbocycles. The Kier molecular flexibility index (Phi) is 17.6. The first-order valence-electron chi connectivity index (χ1n) is 13.8. The molecule has 3 atom stereocenters. The monoisotopic (exact) mass is 512 g/mol. The van der Waals surface area contributed by atoms with Gasteiger partial charge in [-0.25, -0.2) is 4.98 Å². The molecule has 1 fully saturated rings. The highest BCUT2D eigenvalue weighted by Gasteiger charge is 2.35. The van der Waals surface area contributed by atoms with Gasteiger partial charge in [-0.05, 0) is 25.2 Å². The second kappa shape index (κ2) is 19.6. The van der Waals surface area contributed by atoms with Crippen LogP contribution in [0.25, 0.3) is 0 Å². The van der Waals surface area contributed by atoms with Gasteiger partial charge in [0, 0.05) is 31.3 Å². The van der Waals surface area contributed by atoms with Gasteiger partial charge in [-0.15, -0.1) is 0 Å². The molecule has 0 amide bonds. The Morgan fingerprint density at radius 2 is 1.83 bits per heavy atom. The highest BCUT2D eigenvalue weighted by atomic mass is 35.5. The van der Waals surface area contributed by atoms with Crippen LogP contribution in [-0.2, 0) is 32.5 Å². The highest BCUT2D eigenvalue weighted by Crippen LogP contribution is 2.28. The quantitative estimate of drug-likeness (QED) is 0.125. The van der Waals surface area contributed by atoms with Gasteiger partial charge in [-0.1, -0.05) is 96.6 Å². The van der Waals surface area contributed by atoms with Crippen molar-refractivity contribution in [2.75, 3.05) is 12.7 Å². The van der Waals surface area contributed by atoms with Crippen LogP contribution >= 0.6 is 11.6 Å². The summed E-state index contributed by atoms with van der Waals surface area (Å²) in [7, 11) is 1.97. The SMILES string of the molecule is CCCC(CC)CCCCCCCCCC(=O)OCCl.CC[C@@H]1C(=O)OC[C@@H]1Cc1cncn1C. The number of alkyl halides is 1. The summed E-state index contributed by atoms with van der Waals surface area (Å²) in [5, 5.41) is 0. The molecule has 0 aliphatic carbocycles. The maximum atomic E-state index is 11.4. The molecular weight excluding hydrogens is 464 g/mol. The van der Waals surface area contributed by atoms with Crippen LogP contribution in [0.15, 0.2) is 12.5 Å². The molecule has 35 heavy (non-hydrogen) atoms. The van der Waals surface area contributed by atoms with Crippen molar-refractivity contribution < 1.29 is 19.1 Å². The van der Waals surface area contributed by atoms with Crippen molar-refractivity contribution in [3.8, 4) is 0 Å². The standard InChI is InChI=1S/C17H33ClO2.C11H16N2O2/c1-3-12-16(4-2)13-10-8-6-5-7-9-11-14-17(19)20-15-18;1-3-10-8(6-15-11(10)14)4-9-5-12-7-13(9)2/h16H,3-15H2,1-2H3;5,7-8,10H,3-4,6H2,1-2H3/t;8-,10-/m.0/s1. The molecule has 1 aliphatic heterocycles. The van der Waals surface area contributed by atoms with E-state index in [0.717, 1.165) is 37.3 Å². The Hall–Kier alpha value is -1.56.